The van der Waals surface area contributed by atoms with E-state index in [1.54, 1.807) is 0 Å². The Kier molecular flexibility index (Phi) is 2.72. The summed E-state index contributed by atoms with van der Waals surface area (Å²) in [4.78, 5) is 0. The zero-order chi connectivity index (χ0) is 8.44. The maximum absolute atomic E-state index is 5.67. The second-order valence-corrected chi connectivity index (χ2v) is 4.60. The number of hydrogen-bond donors (Lipinski definition) is 0. The molecule has 2 aliphatic heterocycles. The van der Waals surface area contributed by atoms with Gasteiger partial charge in [0.05, 0.1) is 19.3 Å². The number of hydrogen-bond acceptors (Lipinski definition) is 2. The van der Waals surface area contributed by atoms with Gasteiger partial charge in [0.1, 0.15) is 0 Å². The molecule has 0 aromatic carbocycles. The van der Waals surface area contributed by atoms with Crippen LogP contribution in [0.25, 0.3) is 0 Å². The zero-order valence-corrected chi connectivity index (χ0v) is 8.81. The monoisotopic (exact) mass is 234 g/mol. The number of halogens is 1. The predicted molar refractivity (Wildman–Crippen MR) is 50.6 cm³/mol. The Balaban J connectivity index is 1.94. The second kappa shape index (κ2) is 3.64. The van der Waals surface area contributed by atoms with Crippen molar-refractivity contribution in [1.82, 2.24) is 0 Å². The first-order valence-electron chi connectivity index (χ1n) is 4.60. The van der Waals surface area contributed by atoms with E-state index in [0.29, 0.717) is 11.5 Å². The SMILES string of the molecule is BrC[C@@H]1C[C@]2(CCCOC2)CO1. The molecule has 0 unspecified atom stereocenters. The zero-order valence-electron chi connectivity index (χ0n) is 7.22. The standard InChI is InChI=1S/C9H15BrO2/c10-5-8-4-9(7-12-8)2-1-3-11-6-9/h8H,1-7H2/t8-,9-/m0/s1. The molecule has 0 aliphatic carbocycles. The molecule has 2 heterocycles. The van der Waals surface area contributed by atoms with E-state index in [2.05, 4.69) is 15.9 Å². The minimum atomic E-state index is 0.372. The van der Waals surface area contributed by atoms with Gasteiger partial charge < -0.3 is 9.47 Å². The van der Waals surface area contributed by atoms with E-state index in [9.17, 15) is 0 Å². The molecule has 1 spiro atoms. The third kappa shape index (κ3) is 1.68. The van der Waals surface area contributed by atoms with E-state index in [-0.39, 0.29) is 0 Å². The largest absolute Gasteiger partial charge is 0.381 e. The molecule has 2 fully saturated rings. The van der Waals surface area contributed by atoms with Gasteiger partial charge in [0.15, 0.2) is 0 Å². The summed E-state index contributed by atoms with van der Waals surface area (Å²) in [6.45, 7) is 2.76. The molecule has 2 saturated heterocycles. The summed E-state index contributed by atoms with van der Waals surface area (Å²) in [5.74, 6) is 0. The Morgan fingerprint density at radius 3 is 2.92 bits per heavy atom. The maximum atomic E-state index is 5.67. The third-order valence-corrected chi connectivity index (χ3v) is 3.58. The van der Waals surface area contributed by atoms with E-state index in [4.69, 9.17) is 9.47 Å². The van der Waals surface area contributed by atoms with Gasteiger partial charge in [0.2, 0.25) is 0 Å². The van der Waals surface area contributed by atoms with Gasteiger partial charge >= 0.3 is 0 Å². The van der Waals surface area contributed by atoms with Gasteiger partial charge in [-0.2, -0.15) is 0 Å². The number of rotatable bonds is 1. The van der Waals surface area contributed by atoms with Crippen molar-refractivity contribution in [3.8, 4) is 0 Å². The molecule has 0 aromatic heterocycles. The van der Waals surface area contributed by atoms with Crippen molar-refractivity contribution in [3.63, 3.8) is 0 Å². The van der Waals surface area contributed by atoms with Crippen LogP contribution in [-0.4, -0.2) is 31.3 Å². The van der Waals surface area contributed by atoms with Crippen LogP contribution >= 0.6 is 15.9 Å². The van der Waals surface area contributed by atoms with Crippen molar-refractivity contribution in [2.75, 3.05) is 25.2 Å². The smallest absolute Gasteiger partial charge is 0.0679 e. The van der Waals surface area contributed by atoms with Gasteiger partial charge in [-0.1, -0.05) is 15.9 Å². The molecule has 2 atom stereocenters. The Hall–Kier alpha value is 0.400. The van der Waals surface area contributed by atoms with Gasteiger partial charge in [-0.05, 0) is 19.3 Å². The maximum Gasteiger partial charge on any atom is 0.0679 e. The third-order valence-electron chi connectivity index (χ3n) is 2.86. The molecule has 3 heteroatoms. The highest BCUT2D eigenvalue weighted by Gasteiger charge is 2.41. The fraction of sp³-hybridized carbons (Fsp3) is 1.00. The van der Waals surface area contributed by atoms with Crippen LogP contribution in [-0.2, 0) is 9.47 Å². The summed E-state index contributed by atoms with van der Waals surface area (Å²) < 4.78 is 11.2. The molecular formula is C9H15BrO2. The highest BCUT2D eigenvalue weighted by Crippen LogP contribution is 2.39. The molecule has 2 nitrogen and oxygen atoms in total. The Bertz CT molecular complexity index is 155. The molecular weight excluding hydrogens is 220 g/mol. The van der Waals surface area contributed by atoms with E-state index in [1.165, 1.54) is 19.3 Å². The number of ether oxygens (including phenoxy) is 2. The lowest BCUT2D eigenvalue weighted by atomic mass is 9.81. The highest BCUT2D eigenvalue weighted by atomic mass is 79.9. The van der Waals surface area contributed by atoms with E-state index in [0.717, 1.165) is 25.2 Å². The van der Waals surface area contributed by atoms with Crippen molar-refractivity contribution >= 4 is 15.9 Å². The first kappa shape index (κ1) is 8.97. The lowest BCUT2D eigenvalue weighted by Crippen LogP contribution is -2.32. The van der Waals surface area contributed by atoms with Crippen LogP contribution in [0.3, 0.4) is 0 Å². The van der Waals surface area contributed by atoms with Crippen LogP contribution in [0, 0.1) is 5.41 Å². The molecule has 0 saturated carbocycles. The van der Waals surface area contributed by atoms with Crippen molar-refractivity contribution in [3.05, 3.63) is 0 Å². The normalized spacial score (nSPS) is 42.2. The topological polar surface area (TPSA) is 18.5 Å². The van der Waals surface area contributed by atoms with Gasteiger partial charge in [0.25, 0.3) is 0 Å². The molecule has 2 aliphatic rings. The van der Waals surface area contributed by atoms with E-state index >= 15 is 0 Å². The van der Waals surface area contributed by atoms with Crippen LogP contribution in [0.2, 0.25) is 0 Å². The van der Waals surface area contributed by atoms with E-state index in [1.807, 2.05) is 0 Å². The first-order valence-corrected chi connectivity index (χ1v) is 5.72. The van der Waals surface area contributed by atoms with Crippen molar-refractivity contribution in [1.29, 1.82) is 0 Å². The summed E-state index contributed by atoms with van der Waals surface area (Å²) in [6.07, 6.45) is 4.10. The van der Waals surface area contributed by atoms with Crippen LogP contribution in [0.15, 0.2) is 0 Å². The van der Waals surface area contributed by atoms with Crippen LogP contribution in [0.1, 0.15) is 19.3 Å². The lowest BCUT2D eigenvalue weighted by molar-refractivity contribution is -0.0132. The summed E-state index contributed by atoms with van der Waals surface area (Å²) >= 11 is 3.46. The fourth-order valence-corrected chi connectivity index (χ4v) is 2.60. The van der Waals surface area contributed by atoms with Crippen molar-refractivity contribution in [2.45, 2.75) is 25.4 Å². The Morgan fingerprint density at radius 2 is 2.33 bits per heavy atom. The summed E-state index contributed by atoms with van der Waals surface area (Å²) in [5.41, 5.74) is 0.372. The predicted octanol–water partition coefficient (Wildman–Crippen LogP) is 1.97. The van der Waals surface area contributed by atoms with Gasteiger partial charge in [-0.15, -0.1) is 0 Å². The van der Waals surface area contributed by atoms with E-state index < -0.39 is 0 Å². The van der Waals surface area contributed by atoms with Crippen LogP contribution in [0.4, 0.5) is 0 Å². The molecule has 0 amide bonds. The first-order chi connectivity index (χ1) is 5.85. The fourth-order valence-electron chi connectivity index (χ4n) is 2.18. The van der Waals surface area contributed by atoms with Crippen LogP contribution in [0.5, 0.6) is 0 Å². The summed E-state index contributed by atoms with van der Waals surface area (Å²) in [7, 11) is 0. The quantitative estimate of drug-likeness (QED) is 0.647. The average molecular weight is 235 g/mol. The van der Waals surface area contributed by atoms with Crippen LogP contribution < -0.4 is 0 Å². The molecule has 0 N–H and O–H groups in total. The molecule has 12 heavy (non-hydrogen) atoms. The minimum absolute atomic E-state index is 0.372. The summed E-state index contributed by atoms with van der Waals surface area (Å²) in [6, 6.07) is 0. The molecule has 0 bridgehead atoms. The average Bonchev–Trinajstić information content (AvgIpc) is 2.50. The summed E-state index contributed by atoms with van der Waals surface area (Å²) in [5, 5.41) is 0.967. The minimum Gasteiger partial charge on any atom is -0.381 e. The molecule has 2 rings (SSSR count). The lowest BCUT2D eigenvalue weighted by Gasteiger charge is -2.31. The van der Waals surface area contributed by atoms with Gasteiger partial charge in [-0.3, -0.25) is 0 Å². The molecule has 70 valence electrons. The Morgan fingerprint density at radius 1 is 1.42 bits per heavy atom. The van der Waals surface area contributed by atoms with Gasteiger partial charge in [-0.25, -0.2) is 0 Å². The van der Waals surface area contributed by atoms with Gasteiger partial charge in [0, 0.05) is 17.4 Å². The van der Waals surface area contributed by atoms with Crippen molar-refractivity contribution < 1.29 is 9.47 Å². The Labute approximate surface area is 81.7 Å². The highest BCUT2D eigenvalue weighted by molar-refractivity contribution is 9.09. The number of alkyl halides is 1. The second-order valence-electron chi connectivity index (χ2n) is 3.95. The molecule has 0 radical (unpaired) electrons. The molecule has 0 aromatic rings. The van der Waals surface area contributed by atoms with Crippen molar-refractivity contribution in [2.24, 2.45) is 5.41 Å².